The number of ether oxygens (including phenoxy) is 1. The second kappa shape index (κ2) is 6.65. The third-order valence-corrected chi connectivity index (χ3v) is 3.88. The highest BCUT2D eigenvalue weighted by Crippen LogP contribution is 2.25. The molecule has 0 fully saturated rings. The highest BCUT2D eigenvalue weighted by Gasteiger charge is 2.29. The van der Waals surface area contributed by atoms with Gasteiger partial charge < -0.3 is 10.1 Å². The number of aryl methyl sites for hydroxylation is 1. The van der Waals surface area contributed by atoms with Gasteiger partial charge in [-0.05, 0) is 44.5 Å². The quantitative estimate of drug-likeness (QED) is 0.876. The molecule has 2 rings (SSSR count). The Bertz CT molecular complexity index is 718. The maximum absolute atomic E-state index is 12.6. The lowest BCUT2D eigenvalue weighted by Gasteiger charge is -2.24. The molecule has 0 saturated carbocycles. The van der Waals surface area contributed by atoms with E-state index in [2.05, 4.69) is 5.32 Å². The van der Waals surface area contributed by atoms with Crippen LogP contribution in [-0.4, -0.2) is 19.0 Å². The topological polar surface area (TPSA) is 55.4 Å². The highest BCUT2D eigenvalue weighted by molar-refractivity contribution is 5.99. The molecule has 0 atom stereocenters. The Balaban J connectivity index is 2.21. The second-order valence-corrected chi connectivity index (χ2v) is 6.02. The molecule has 0 aliphatic heterocycles. The van der Waals surface area contributed by atoms with Gasteiger partial charge in [0.1, 0.15) is 0 Å². The minimum absolute atomic E-state index is 0.136. The van der Waals surface area contributed by atoms with Crippen LogP contribution in [0, 0.1) is 6.92 Å². The van der Waals surface area contributed by atoms with Gasteiger partial charge in [0, 0.05) is 5.69 Å². The summed E-state index contributed by atoms with van der Waals surface area (Å²) >= 11 is 0. The van der Waals surface area contributed by atoms with Crippen molar-refractivity contribution in [1.82, 2.24) is 0 Å². The van der Waals surface area contributed by atoms with Crippen LogP contribution in [0.1, 0.15) is 35.3 Å². The number of nitrogens with one attached hydrogen (secondary N) is 1. The summed E-state index contributed by atoms with van der Waals surface area (Å²) in [6.07, 6.45) is 0. The fraction of sp³-hybridized carbons (Fsp3) is 0.263. The number of carbonyl (C=O) groups excluding carboxylic acids is 2. The van der Waals surface area contributed by atoms with Crippen molar-refractivity contribution in [2.45, 2.75) is 26.2 Å². The third kappa shape index (κ3) is 3.77. The van der Waals surface area contributed by atoms with Crippen molar-refractivity contribution in [2.24, 2.45) is 0 Å². The zero-order valence-corrected chi connectivity index (χ0v) is 13.8. The van der Waals surface area contributed by atoms with Gasteiger partial charge in [-0.25, -0.2) is 4.79 Å². The summed E-state index contributed by atoms with van der Waals surface area (Å²) in [5.41, 5.74) is 2.37. The maximum Gasteiger partial charge on any atom is 0.337 e. The van der Waals surface area contributed by atoms with E-state index in [9.17, 15) is 9.59 Å². The minimum atomic E-state index is -0.686. The van der Waals surface area contributed by atoms with E-state index in [-0.39, 0.29) is 5.91 Å². The van der Waals surface area contributed by atoms with Crippen molar-refractivity contribution >= 4 is 17.6 Å². The summed E-state index contributed by atoms with van der Waals surface area (Å²) < 4.78 is 4.69. The molecule has 1 amide bonds. The first-order valence-corrected chi connectivity index (χ1v) is 7.41. The number of benzene rings is 2. The molecule has 0 bridgehead atoms. The molecule has 0 radical (unpaired) electrons. The van der Waals surface area contributed by atoms with Crippen molar-refractivity contribution in [2.75, 3.05) is 12.4 Å². The zero-order chi connectivity index (χ0) is 17.0. The van der Waals surface area contributed by atoms with Gasteiger partial charge in [-0.1, -0.05) is 35.9 Å². The van der Waals surface area contributed by atoms with E-state index >= 15 is 0 Å². The van der Waals surface area contributed by atoms with E-state index in [1.165, 1.54) is 7.11 Å². The maximum atomic E-state index is 12.6. The Hall–Kier alpha value is -2.62. The zero-order valence-electron chi connectivity index (χ0n) is 13.8. The number of anilines is 1. The van der Waals surface area contributed by atoms with Gasteiger partial charge in [0.2, 0.25) is 5.91 Å². The van der Waals surface area contributed by atoms with Gasteiger partial charge in [-0.2, -0.15) is 0 Å². The Morgan fingerprint density at radius 1 is 1.04 bits per heavy atom. The second-order valence-electron chi connectivity index (χ2n) is 6.02. The number of methoxy groups -OCH3 is 1. The molecule has 120 valence electrons. The number of hydrogen-bond donors (Lipinski definition) is 1. The molecule has 0 spiro atoms. The summed E-state index contributed by atoms with van der Waals surface area (Å²) in [5.74, 6) is -0.567. The fourth-order valence-corrected chi connectivity index (χ4v) is 2.23. The van der Waals surface area contributed by atoms with E-state index < -0.39 is 11.4 Å². The molecular weight excluding hydrogens is 290 g/mol. The standard InChI is InChI=1S/C19H21NO3/c1-13-8-10-15(11-9-13)19(2,3)18(22)20-16-7-5-6-14(12-16)17(21)23-4/h5-12H,1-4H3,(H,20,22). The normalized spacial score (nSPS) is 11.0. The first kappa shape index (κ1) is 16.7. The van der Waals surface area contributed by atoms with Crippen LogP contribution < -0.4 is 5.32 Å². The number of amides is 1. The Morgan fingerprint density at radius 3 is 2.30 bits per heavy atom. The number of rotatable bonds is 4. The summed E-state index contributed by atoms with van der Waals surface area (Å²) in [6, 6.07) is 14.6. The van der Waals surface area contributed by atoms with E-state index in [4.69, 9.17) is 4.74 Å². The van der Waals surface area contributed by atoms with Crippen molar-refractivity contribution < 1.29 is 14.3 Å². The van der Waals surface area contributed by atoms with Gasteiger partial charge in [-0.15, -0.1) is 0 Å². The van der Waals surface area contributed by atoms with Crippen LogP contribution in [0.4, 0.5) is 5.69 Å². The van der Waals surface area contributed by atoms with Crippen molar-refractivity contribution in [1.29, 1.82) is 0 Å². The summed E-state index contributed by atoms with van der Waals surface area (Å²) in [4.78, 5) is 24.2. The molecule has 0 aliphatic rings. The molecule has 0 saturated heterocycles. The Kier molecular flexibility index (Phi) is 4.84. The Morgan fingerprint density at radius 2 is 1.70 bits per heavy atom. The van der Waals surface area contributed by atoms with Gasteiger partial charge in [-0.3, -0.25) is 4.79 Å². The number of esters is 1. The molecular formula is C19H21NO3. The lowest BCUT2D eigenvalue weighted by atomic mass is 9.83. The summed E-state index contributed by atoms with van der Waals surface area (Å²) in [7, 11) is 1.33. The van der Waals surface area contributed by atoms with E-state index in [0.717, 1.165) is 11.1 Å². The van der Waals surface area contributed by atoms with E-state index in [1.807, 2.05) is 45.0 Å². The minimum Gasteiger partial charge on any atom is -0.465 e. The molecule has 0 aromatic heterocycles. The average molecular weight is 311 g/mol. The molecule has 4 nitrogen and oxygen atoms in total. The molecule has 0 heterocycles. The van der Waals surface area contributed by atoms with E-state index in [0.29, 0.717) is 11.3 Å². The fourth-order valence-electron chi connectivity index (χ4n) is 2.23. The van der Waals surface area contributed by atoms with Gasteiger partial charge in [0.05, 0.1) is 18.1 Å². The largest absolute Gasteiger partial charge is 0.465 e. The first-order valence-electron chi connectivity index (χ1n) is 7.41. The smallest absolute Gasteiger partial charge is 0.337 e. The van der Waals surface area contributed by atoms with Crippen LogP contribution in [0.2, 0.25) is 0 Å². The van der Waals surface area contributed by atoms with E-state index in [1.54, 1.807) is 24.3 Å². The molecule has 0 aliphatic carbocycles. The molecule has 1 N–H and O–H groups in total. The van der Waals surface area contributed by atoms with Crippen LogP contribution in [-0.2, 0) is 14.9 Å². The van der Waals surface area contributed by atoms with Crippen molar-refractivity contribution in [3.8, 4) is 0 Å². The van der Waals surface area contributed by atoms with Crippen LogP contribution in [0.15, 0.2) is 48.5 Å². The highest BCUT2D eigenvalue weighted by atomic mass is 16.5. The molecule has 4 heteroatoms. The molecule has 23 heavy (non-hydrogen) atoms. The lowest BCUT2D eigenvalue weighted by Crippen LogP contribution is -2.34. The molecule has 2 aromatic carbocycles. The predicted octanol–water partition coefficient (Wildman–Crippen LogP) is 3.70. The predicted molar refractivity (Wildman–Crippen MR) is 90.6 cm³/mol. The van der Waals surface area contributed by atoms with Crippen molar-refractivity contribution in [3.63, 3.8) is 0 Å². The molecule has 2 aromatic rings. The first-order chi connectivity index (χ1) is 10.8. The van der Waals surface area contributed by atoms with Crippen LogP contribution in [0.5, 0.6) is 0 Å². The lowest BCUT2D eigenvalue weighted by molar-refractivity contribution is -0.120. The third-order valence-electron chi connectivity index (χ3n) is 3.88. The summed E-state index contributed by atoms with van der Waals surface area (Å²) in [5, 5.41) is 2.87. The van der Waals surface area contributed by atoms with Gasteiger partial charge in [0.25, 0.3) is 0 Å². The monoisotopic (exact) mass is 311 g/mol. The molecule has 0 unspecified atom stereocenters. The number of hydrogen-bond acceptors (Lipinski definition) is 3. The van der Waals surface area contributed by atoms with Crippen LogP contribution in [0.3, 0.4) is 0 Å². The Labute approximate surface area is 136 Å². The SMILES string of the molecule is COC(=O)c1cccc(NC(=O)C(C)(C)c2ccc(C)cc2)c1. The van der Waals surface area contributed by atoms with Crippen LogP contribution in [0.25, 0.3) is 0 Å². The van der Waals surface area contributed by atoms with Gasteiger partial charge >= 0.3 is 5.97 Å². The summed E-state index contributed by atoms with van der Waals surface area (Å²) in [6.45, 7) is 5.75. The van der Waals surface area contributed by atoms with Crippen LogP contribution >= 0.6 is 0 Å². The van der Waals surface area contributed by atoms with Gasteiger partial charge in [0.15, 0.2) is 0 Å². The average Bonchev–Trinajstić information content (AvgIpc) is 2.54. The number of carbonyl (C=O) groups is 2. The van der Waals surface area contributed by atoms with Crippen molar-refractivity contribution in [3.05, 3.63) is 65.2 Å².